The van der Waals surface area contributed by atoms with Crippen LogP contribution >= 0.6 is 11.8 Å². The molecule has 0 fully saturated rings. The standard InChI is InChI=1S/C28H23N5O3S/c34-26(31-23-12-15-29-16-13-23)19-37-24-10-8-22(9-11-24)32-28(36)25(17-20-5-4-14-30-18-20)33-27(35)21-6-2-1-3-7-21/h1-18H,19H2,(H,32,36)(H,33,35)(H,29,31,34)/b25-17-. The third-order valence-corrected chi connectivity index (χ3v) is 5.98. The topological polar surface area (TPSA) is 113 Å². The van der Waals surface area contributed by atoms with Gasteiger partial charge in [0.2, 0.25) is 5.91 Å². The zero-order valence-electron chi connectivity index (χ0n) is 19.6. The van der Waals surface area contributed by atoms with Gasteiger partial charge in [0, 0.05) is 46.6 Å². The van der Waals surface area contributed by atoms with Crippen molar-refractivity contribution in [3.63, 3.8) is 0 Å². The fraction of sp³-hybridized carbons (Fsp3) is 0.0357. The highest BCUT2D eigenvalue weighted by Gasteiger charge is 2.15. The molecule has 0 radical (unpaired) electrons. The predicted molar refractivity (Wildman–Crippen MR) is 145 cm³/mol. The Hall–Kier alpha value is -4.76. The lowest BCUT2D eigenvalue weighted by Gasteiger charge is -2.12. The molecule has 4 rings (SSSR count). The molecule has 0 aliphatic rings. The van der Waals surface area contributed by atoms with Crippen LogP contribution in [0.4, 0.5) is 11.4 Å². The maximum Gasteiger partial charge on any atom is 0.272 e. The van der Waals surface area contributed by atoms with Gasteiger partial charge in [-0.15, -0.1) is 11.8 Å². The van der Waals surface area contributed by atoms with Crippen molar-refractivity contribution >= 4 is 46.9 Å². The van der Waals surface area contributed by atoms with Crippen LogP contribution in [0.5, 0.6) is 0 Å². The van der Waals surface area contributed by atoms with Gasteiger partial charge in [0.15, 0.2) is 0 Å². The molecule has 3 amide bonds. The Balaban J connectivity index is 1.39. The van der Waals surface area contributed by atoms with Gasteiger partial charge in [-0.3, -0.25) is 24.4 Å². The summed E-state index contributed by atoms with van der Waals surface area (Å²) in [6.45, 7) is 0. The van der Waals surface area contributed by atoms with Crippen LogP contribution in [0, 0.1) is 0 Å². The first-order valence-corrected chi connectivity index (χ1v) is 12.3. The predicted octanol–water partition coefficient (Wildman–Crippen LogP) is 4.62. The van der Waals surface area contributed by atoms with Crippen molar-refractivity contribution in [1.29, 1.82) is 0 Å². The molecule has 4 aromatic rings. The lowest BCUT2D eigenvalue weighted by atomic mass is 10.2. The third kappa shape index (κ3) is 7.87. The van der Waals surface area contributed by atoms with Crippen LogP contribution in [0.15, 0.2) is 114 Å². The van der Waals surface area contributed by atoms with Gasteiger partial charge in [0.05, 0.1) is 5.75 Å². The summed E-state index contributed by atoms with van der Waals surface area (Å²) in [6, 6.07) is 22.7. The summed E-state index contributed by atoms with van der Waals surface area (Å²) in [6.07, 6.45) is 8.01. The molecule has 8 nitrogen and oxygen atoms in total. The van der Waals surface area contributed by atoms with E-state index in [4.69, 9.17) is 0 Å². The first-order chi connectivity index (χ1) is 18.1. The van der Waals surface area contributed by atoms with Gasteiger partial charge in [-0.05, 0) is 66.2 Å². The molecular weight excluding hydrogens is 486 g/mol. The lowest BCUT2D eigenvalue weighted by molar-refractivity contribution is -0.114. The van der Waals surface area contributed by atoms with E-state index in [9.17, 15) is 14.4 Å². The van der Waals surface area contributed by atoms with Gasteiger partial charge in [-0.25, -0.2) is 0 Å². The highest BCUT2D eigenvalue weighted by Crippen LogP contribution is 2.21. The summed E-state index contributed by atoms with van der Waals surface area (Å²) >= 11 is 1.37. The first-order valence-electron chi connectivity index (χ1n) is 11.3. The van der Waals surface area contributed by atoms with Gasteiger partial charge in [0.1, 0.15) is 5.70 Å². The fourth-order valence-corrected chi connectivity index (χ4v) is 3.88. The van der Waals surface area contributed by atoms with E-state index in [1.54, 1.807) is 91.5 Å². The number of hydrogen-bond donors (Lipinski definition) is 3. The van der Waals surface area contributed by atoms with E-state index in [0.29, 0.717) is 22.5 Å². The van der Waals surface area contributed by atoms with Crippen molar-refractivity contribution in [3.05, 3.63) is 120 Å². The second-order valence-electron chi connectivity index (χ2n) is 7.72. The third-order valence-electron chi connectivity index (χ3n) is 4.97. The number of hydrogen-bond acceptors (Lipinski definition) is 6. The zero-order valence-corrected chi connectivity index (χ0v) is 20.4. The minimum atomic E-state index is -0.481. The Morgan fingerprint density at radius 3 is 2.19 bits per heavy atom. The molecule has 0 aliphatic heterocycles. The molecule has 0 atom stereocenters. The van der Waals surface area contributed by atoms with E-state index in [0.717, 1.165) is 4.90 Å². The largest absolute Gasteiger partial charge is 0.325 e. The summed E-state index contributed by atoms with van der Waals surface area (Å²) < 4.78 is 0. The Kier molecular flexibility index (Phi) is 8.77. The van der Waals surface area contributed by atoms with E-state index in [2.05, 4.69) is 25.9 Å². The number of thioether (sulfide) groups is 1. The Bertz CT molecular complexity index is 1380. The summed E-state index contributed by atoms with van der Waals surface area (Å²) in [5, 5.41) is 8.31. The number of aromatic nitrogens is 2. The van der Waals surface area contributed by atoms with Crippen molar-refractivity contribution in [3.8, 4) is 0 Å². The van der Waals surface area contributed by atoms with Crippen molar-refractivity contribution in [2.45, 2.75) is 4.90 Å². The molecule has 37 heavy (non-hydrogen) atoms. The second kappa shape index (κ2) is 12.8. The smallest absolute Gasteiger partial charge is 0.272 e. The van der Waals surface area contributed by atoms with Crippen LogP contribution in [0.1, 0.15) is 15.9 Å². The number of amides is 3. The Labute approximate surface area is 218 Å². The van der Waals surface area contributed by atoms with Crippen molar-refractivity contribution < 1.29 is 14.4 Å². The highest BCUT2D eigenvalue weighted by molar-refractivity contribution is 8.00. The Morgan fingerprint density at radius 2 is 1.49 bits per heavy atom. The minimum Gasteiger partial charge on any atom is -0.325 e. The molecular formula is C28H23N5O3S. The second-order valence-corrected chi connectivity index (χ2v) is 8.76. The van der Waals surface area contributed by atoms with Gasteiger partial charge in [-0.1, -0.05) is 24.3 Å². The maximum absolute atomic E-state index is 13.1. The molecule has 0 saturated heterocycles. The molecule has 0 unspecified atom stereocenters. The van der Waals surface area contributed by atoms with Crippen molar-refractivity contribution in [1.82, 2.24) is 15.3 Å². The number of benzene rings is 2. The molecule has 184 valence electrons. The normalized spacial score (nSPS) is 10.9. The van der Waals surface area contributed by atoms with E-state index in [-0.39, 0.29) is 17.4 Å². The number of carbonyl (C=O) groups is 3. The molecule has 0 saturated carbocycles. The van der Waals surface area contributed by atoms with Crippen LogP contribution in [0.3, 0.4) is 0 Å². The molecule has 0 bridgehead atoms. The number of nitrogens with zero attached hydrogens (tertiary/aromatic N) is 2. The summed E-state index contributed by atoms with van der Waals surface area (Å²) in [7, 11) is 0. The number of rotatable bonds is 9. The van der Waals surface area contributed by atoms with Crippen molar-refractivity contribution in [2.24, 2.45) is 0 Å². The monoisotopic (exact) mass is 509 g/mol. The number of nitrogens with one attached hydrogen (secondary N) is 3. The Morgan fingerprint density at radius 1 is 0.757 bits per heavy atom. The van der Waals surface area contributed by atoms with Gasteiger partial charge in [0.25, 0.3) is 11.8 Å². The zero-order chi connectivity index (χ0) is 25.9. The first kappa shape index (κ1) is 25.3. The molecule has 9 heteroatoms. The average molecular weight is 510 g/mol. The molecule has 0 spiro atoms. The molecule has 2 heterocycles. The maximum atomic E-state index is 13.1. The van der Waals surface area contributed by atoms with E-state index >= 15 is 0 Å². The minimum absolute atomic E-state index is 0.0769. The number of pyridine rings is 2. The van der Waals surface area contributed by atoms with Crippen molar-refractivity contribution in [2.75, 3.05) is 16.4 Å². The van der Waals surface area contributed by atoms with Crippen LogP contribution in [0.2, 0.25) is 0 Å². The number of anilines is 2. The van der Waals surface area contributed by atoms with E-state index < -0.39 is 11.8 Å². The van der Waals surface area contributed by atoms with Crippen LogP contribution in [0.25, 0.3) is 6.08 Å². The molecule has 3 N–H and O–H groups in total. The fourth-order valence-electron chi connectivity index (χ4n) is 3.18. The molecule has 2 aromatic carbocycles. The summed E-state index contributed by atoms with van der Waals surface area (Å²) in [4.78, 5) is 46.8. The summed E-state index contributed by atoms with van der Waals surface area (Å²) in [5.74, 6) is -0.779. The van der Waals surface area contributed by atoms with Gasteiger partial charge < -0.3 is 16.0 Å². The highest BCUT2D eigenvalue weighted by atomic mass is 32.2. The van der Waals surface area contributed by atoms with Gasteiger partial charge in [-0.2, -0.15) is 0 Å². The lowest BCUT2D eigenvalue weighted by Crippen LogP contribution is -2.30. The summed E-state index contributed by atoms with van der Waals surface area (Å²) in [5.41, 5.74) is 2.41. The van der Waals surface area contributed by atoms with Crippen LogP contribution < -0.4 is 16.0 Å². The quantitative estimate of drug-likeness (QED) is 0.224. The van der Waals surface area contributed by atoms with Crippen LogP contribution in [-0.2, 0) is 9.59 Å². The molecule has 2 aromatic heterocycles. The van der Waals surface area contributed by atoms with Gasteiger partial charge >= 0.3 is 0 Å². The van der Waals surface area contributed by atoms with E-state index in [1.807, 2.05) is 18.2 Å². The van der Waals surface area contributed by atoms with E-state index in [1.165, 1.54) is 11.8 Å². The average Bonchev–Trinajstić information content (AvgIpc) is 2.94. The number of carbonyl (C=O) groups excluding carboxylic acids is 3. The van der Waals surface area contributed by atoms with Crippen LogP contribution in [-0.4, -0.2) is 33.4 Å². The molecule has 0 aliphatic carbocycles. The SMILES string of the molecule is O=C(CSc1ccc(NC(=O)/C(=C/c2cccnc2)NC(=O)c2ccccc2)cc1)Nc1ccncc1.